The van der Waals surface area contributed by atoms with Gasteiger partial charge in [-0.1, -0.05) is 48.5 Å². The molecule has 4 heteroatoms. The number of fused-ring (bicyclic) bond motifs is 3. The number of aryl methyl sites for hydroxylation is 2. The molecule has 1 aliphatic heterocycles. The quantitative estimate of drug-likeness (QED) is 0.688. The van der Waals surface area contributed by atoms with Crippen molar-refractivity contribution in [3.8, 4) is 11.1 Å². The molecule has 4 rings (SSSR count). The van der Waals surface area contributed by atoms with Gasteiger partial charge in [0, 0.05) is 20.1 Å². The lowest BCUT2D eigenvalue weighted by molar-refractivity contribution is 0.0721. The molecule has 0 saturated heterocycles. The zero-order valence-electron chi connectivity index (χ0n) is 13.9. The summed E-state index contributed by atoms with van der Waals surface area (Å²) in [5.74, 6) is 0.0269. The van der Waals surface area contributed by atoms with Gasteiger partial charge in [0.05, 0.1) is 12.0 Å². The lowest BCUT2D eigenvalue weighted by Gasteiger charge is -2.22. The highest BCUT2D eigenvalue weighted by molar-refractivity contribution is 5.94. The van der Waals surface area contributed by atoms with Crippen LogP contribution in [-0.4, -0.2) is 20.4 Å². The third-order valence-electron chi connectivity index (χ3n) is 4.66. The third kappa shape index (κ3) is 2.31. The van der Waals surface area contributed by atoms with E-state index in [0.29, 0.717) is 18.8 Å². The zero-order chi connectivity index (χ0) is 16.7. The maximum absolute atomic E-state index is 13.1. The number of carbonyl (C=O) groups is 1. The highest BCUT2D eigenvalue weighted by Gasteiger charge is 2.26. The maximum atomic E-state index is 13.1. The Labute approximate surface area is 141 Å². The molecule has 120 valence electrons. The molecule has 4 nitrogen and oxygen atoms in total. The first kappa shape index (κ1) is 14.7. The van der Waals surface area contributed by atoms with Crippen LogP contribution >= 0.6 is 0 Å². The van der Waals surface area contributed by atoms with E-state index in [1.54, 1.807) is 10.9 Å². The second-order valence-corrected chi connectivity index (χ2v) is 6.27. The van der Waals surface area contributed by atoms with Gasteiger partial charge in [-0.2, -0.15) is 0 Å². The molecule has 1 aromatic heterocycles. The van der Waals surface area contributed by atoms with Crippen LogP contribution in [0.3, 0.4) is 0 Å². The predicted molar refractivity (Wildman–Crippen MR) is 93.4 cm³/mol. The minimum atomic E-state index is 0.0269. The fourth-order valence-electron chi connectivity index (χ4n) is 3.46. The molecule has 0 radical (unpaired) electrons. The van der Waals surface area contributed by atoms with Crippen LogP contribution in [-0.2, 0) is 20.1 Å². The fraction of sp³-hybridized carbons (Fsp3) is 0.200. The van der Waals surface area contributed by atoms with Crippen molar-refractivity contribution in [2.75, 3.05) is 0 Å². The number of carbonyl (C=O) groups excluding carboxylic acids is 1. The number of nitrogens with zero attached hydrogens (tertiary/aromatic N) is 3. The molecule has 0 atom stereocenters. The van der Waals surface area contributed by atoms with Crippen LogP contribution in [0.4, 0.5) is 0 Å². The van der Waals surface area contributed by atoms with Gasteiger partial charge in [0.15, 0.2) is 0 Å². The van der Waals surface area contributed by atoms with E-state index in [4.69, 9.17) is 0 Å². The Balaban J connectivity index is 1.82. The summed E-state index contributed by atoms with van der Waals surface area (Å²) in [6, 6.07) is 16.7. The summed E-state index contributed by atoms with van der Waals surface area (Å²) < 4.78 is 1.81. The van der Waals surface area contributed by atoms with Gasteiger partial charge in [0.1, 0.15) is 5.69 Å². The van der Waals surface area contributed by atoms with Crippen molar-refractivity contribution in [3.05, 3.63) is 77.4 Å². The van der Waals surface area contributed by atoms with Crippen molar-refractivity contribution < 1.29 is 4.79 Å². The van der Waals surface area contributed by atoms with Crippen molar-refractivity contribution in [1.29, 1.82) is 0 Å². The number of hydrogen-bond acceptors (Lipinski definition) is 2. The highest BCUT2D eigenvalue weighted by Crippen LogP contribution is 2.33. The van der Waals surface area contributed by atoms with Gasteiger partial charge in [0.25, 0.3) is 5.91 Å². The van der Waals surface area contributed by atoms with Gasteiger partial charge in [-0.3, -0.25) is 4.79 Å². The largest absolute Gasteiger partial charge is 0.330 e. The van der Waals surface area contributed by atoms with E-state index in [9.17, 15) is 4.79 Å². The van der Waals surface area contributed by atoms with E-state index in [1.165, 1.54) is 22.3 Å². The first-order chi connectivity index (χ1) is 11.6. The number of benzene rings is 2. The molecule has 1 amide bonds. The molecule has 2 heterocycles. The molecule has 0 bridgehead atoms. The summed E-state index contributed by atoms with van der Waals surface area (Å²) in [5.41, 5.74) is 6.21. The molecular weight excluding hydrogens is 298 g/mol. The number of hydrogen-bond donors (Lipinski definition) is 0. The molecule has 24 heavy (non-hydrogen) atoms. The van der Waals surface area contributed by atoms with Gasteiger partial charge < -0.3 is 9.47 Å². The average molecular weight is 317 g/mol. The number of rotatable bonds is 1. The van der Waals surface area contributed by atoms with Crippen molar-refractivity contribution in [2.24, 2.45) is 7.05 Å². The summed E-state index contributed by atoms with van der Waals surface area (Å²) in [5, 5.41) is 0. The topological polar surface area (TPSA) is 38.1 Å². The van der Waals surface area contributed by atoms with Gasteiger partial charge in [-0.15, -0.1) is 0 Å². The first-order valence-corrected chi connectivity index (χ1v) is 8.08. The first-order valence-electron chi connectivity index (χ1n) is 8.08. The predicted octanol–water partition coefficient (Wildman–Crippen LogP) is 3.55. The SMILES string of the molecule is Cc1ncn(C)c1C(=O)N1Cc2ccccc2-c2ccccc2C1. The minimum Gasteiger partial charge on any atom is -0.330 e. The lowest BCUT2D eigenvalue weighted by Crippen LogP contribution is -2.31. The summed E-state index contributed by atoms with van der Waals surface area (Å²) >= 11 is 0. The van der Waals surface area contributed by atoms with E-state index in [0.717, 1.165) is 5.69 Å². The van der Waals surface area contributed by atoms with Gasteiger partial charge >= 0.3 is 0 Å². The Bertz CT molecular complexity index is 859. The third-order valence-corrected chi connectivity index (χ3v) is 4.66. The van der Waals surface area contributed by atoms with Crippen LogP contribution in [0.2, 0.25) is 0 Å². The van der Waals surface area contributed by atoms with E-state index in [2.05, 4.69) is 41.4 Å². The fourth-order valence-corrected chi connectivity index (χ4v) is 3.46. The van der Waals surface area contributed by atoms with Gasteiger partial charge in [0.2, 0.25) is 0 Å². The van der Waals surface area contributed by atoms with Crippen molar-refractivity contribution >= 4 is 5.91 Å². The van der Waals surface area contributed by atoms with Crippen LogP contribution < -0.4 is 0 Å². The monoisotopic (exact) mass is 317 g/mol. The second-order valence-electron chi connectivity index (χ2n) is 6.27. The van der Waals surface area contributed by atoms with Crippen LogP contribution in [0.1, 0.15) is 27.3 Å². The summed E-state index contributed by atoms with van der Waals surface area (Å²) in [7, 11) is 1.87. The zero-order valence-corrected chi connectivity index (χ0v) is 13.9. The number of aromatic nitrogens is 2. The smallest absolute Gasteiger partial charge is 0.273 e. The summed E-state index contributed by atoms with van der Waals surface area (Å²) in [6.45, 7) is 3.09. The standard InChI is InChI=1S/C20H19N3O/c1-14-19(22(2)13-21-14)20(24)23-11-15-7-3-5-9-17(15)18-10-6-4-8-16(18)12-23/h3-10,13H,11-12H2,1-2H3. The highest BCUT2D eigenvalue weighted by atomic mass is 16.2. The van der Waals surface area contributed by atoms with E-state index >= 15 is 0 Å². The Hall–Kier alpha value is -2.88. The molecule has 0 fully saturated rings. The molecule has 0 N–H and O–H groups in total. The minimum absolute atomic E-state index is 0.0269. The second kappa shape index (κ2) is 5.64. The molecule has 0 spiro atoms. The van der Waals surface area contributed by atoms with Crippen LogP contribution in [0.25, 0.3) is 11.1 Å². The Morgan fingerprint density at radius 3 is 2.00 bits per heavy atom. The summed E-state index contributed by atoms with van der Waals surface area (Å²) in [6.07, 6.45) is 1.70. The Kier molecular flexibility index (Phi) is 3.45. The van der Waals surface area contributed by atoms with Crippen LogP contribution in [0.5, 0.6) is 0 Å². The van der Waals surface area contributed by atoms with Crippen LogP contribution in [0, 0.1) is 6.92 Å². The number of imidazole rings is 1. The van der Waals surface area contributed by atoms with E-state index < -0.39 is 0 Å². The molecule has 3 aromatic rings. The molecular formula is C20H19N3O. The normalized spacial score (nSPS) is 13.2. The van der Waals surface area contributed by atoms with Gasteiger partial charge in [-0.05, 0) is 29.2 Å². The molecule has 0 saturated carbocycles. The molecule has 0 unspecified atom stereocenters. The summed E-state index contributed by atoms with van der Waals surface area (Å²) in [4.78, 5) is 19.3. The van der Waals surface area contributed by atoms with Crippen molar-refractivity contribution in [2.45, 2.75) is 20.0 Å². The maximum Gasteiger partial charge on any atom is 0.273 e. The number of amides is 1. The van der Waals surface area contributed by atoms with Crippen molar-refractivity contribution in [1.82, 2.24) is 14.5 Å². The lowest BCUT2D eigenvalue weighted by atomic mass is 9.97. The van der Waals surface area contributed by atoms with Gasteiger partial charge in [-0.25, -0.2) is 4.98 Å². The van der Waals surface area contributed by atoms with E-state index in [1.807, 2.05) is 31.0 Å². The van der Waals surface area contributed by atoms with Crippen molar-refractivity contribution in [3.63, 3.8) is 0 Å². The van der Waals surface area contributed by atoms with Crippen LogP contribution in [0.15, 0.2) is 54.9 Å². The molecule has 1 aliphatic rings. The van der Waals surface area contributed by atoms with E-state index in [-0.39, 0.29) is 5.91 Å². The molecule has 0 aliphatic carbocycles. The molecule has 2 aromatic carbocycles. The Morgan fingerprint density at radius 2 is 1.50 bits per heavy atom. The Morgan fingerprint density at radius 1 is 0.958 bits per heavy atom. The average Bonchev–Trinajstić information content (AvgIpc) is 2.84.